The Hall–Kier alpha value is -2.47. The van der Waals surface area contributed by atoms with Gasteiger partial charge < -0.3 is 9.84 Å². The number of aliphatic hydroxyl groups excluding tert-OH is 1. The predicted octanol–water partition coefficient (Wildman–Crippen LogP) is 3.89. The number of nitrogens with zero attached hydrogens (tertiary/aromatic N) is 1. The summed E-state index contributed by atoms with van der Waals surface area (Å²) in [7, 11) is 0. The molecule has 5 nitrogen and oxygen atoms in total. The highest BCUT2D eigenvalue weighted by molar-refractivity contribution is 5.50. The van der Waals surface area contributed by atoms with Gasteiger partial charge in [0.15, 0.2) is 11.6 Å². The van der Waals surface area contributed by atoms with E-state index in [1.807, 2.05) is 0 Å². The van der Waals surface area contributed by atoms with Gasteiger partial charge in [-0.1, -0.05) is 12.1 Å². The Kier molecular flexibility index (Phi) is 4.18. The number of hydrogen-bond acceptors (Lipinski definition) is 4. The molecule has 0 saturated heterocycles. The molecule has 1 atom stereocenters. The van der Waals surface area contributed by atoms with Gasteiger partial charge in [-0.25, -0.2) is 4.39 Å². The van der Waals surface area contributed by atoms with Crippen LogP contribution >= 0.6 is 0 Å². The number of halogens is 1. The molecule has 0 saturated carbocycles. The average molecular weight is 291 g/mol. The Labute approximate surface area is 120 Å². The molecule has 0 unspecified atom stereocenters. The van der Waals surface area contributed by atoms with Crippen LogP contribution in [0.15, 0.2) is 36.4 Å². The highest BCUT2D eigenvalue weighted by atomic mass is 19.1. The number of nitro groups is 1. The van der Waals surface area contributed by atoms with E-state index in [4.69, 9.17) is 4.74 Å². The van der Waals surface area contributed by atoms with Crippen LogP contribution in [0, 0.1) is 22.9 Å². The van der Waals surface area contributed by atoms with Gasteiger partial charge in [-0.3, -0.25) is 10.1 Å². The first-order valence-corrected chi connectivity index (χ1v) is 6.29. The Morgan fingerprint density at radius 1 is 1.24 bits per heavy atom. The quantitative estimate of drug-likeness (QED) is 0.685. The lowest BCUT2D eigenvalue weighted by Crippen LogP contribution is -1.97. The van der Waals surface area contributed by atoms with Gasteiger partial charge in [-0.2, -0.15) is 0 Å². The number of ether oxygens (including phenoxy) is 1. The van der Waals surface area contributed by atoms with Crippen LogP contribution in [0.5, 0.6) is 11.5 Å². The van der Waals surface area contributed by atoms with E-state index in [-0.39, 0.29) is 17.2 Å². The number of benzene rings is 2. The summed E-state index contributed by atoms with van der Waals surface area (Å²) < 4.78 is 19.2. The van der Waals surface area contributed by atoms with E-state index < -0.39 is 16.8 Å². The van der Waals surface area contributed by atoms with Gasteiger partial charge in [0, 0.05) is 6.07 Å². The zero-order valence-electron chi connectivity index (χ0n) is 11.5. The van der Waals surface area contributed by atoms with Gasteiger partial charge in [0.1, 0.15) is 0 Å². The SMILES string of the molecule is Cc1ccc(Oc2ccc([C@@H](C)O)cc2F)c([N+](=O)[O-])c1. The second-order valence-corrected chi connectivity index (χ2v) is 4.70. The number of rotatable bonds is 4. The third-order valence-electron chi connectivity index (χ3n) is 2.97. The van der Waals surface area contributed by atoms with Crippen molar-refractivity contribution in [3.8, 4) is 11.5 Å². The smallest absolute Gasteiger partial charge is 0.311 e. The van der Waals surface area contributed by atoms with Crippen molar-refractivity contribution in [3.63, 3.8) is 0 Å². The first-order valence-electron chi connectivity index (χ1n) is 6.29. The van der Waals surface area contributed by atoms with Crippen molar-refractivity contribution in [1.29, 1.82) is 0 Å². The molecule has 0 aliphatic carbocycles. The van der Waals surface area contributed by atoms with Gasteiger partial charge in [0.25, 0.3) is 0 Å². The zero-order chi connectivity index (χ0) is 15.6. The van der Waals surface area contributed by atoms with E-state index >= 15 is 0 Å². The third kappa shape index (κ3) is 3.35. The van der Waals surface area contributed by atoms with Crippen LogP contribution in [-0.2, 0) is 0 Å². The van der Waals surface area contributed by atoms with Crippen LogP contribution in [0.3, 0.4) is 0 Å². The van der Waals surface area contributed by atoms with Crippen LogP contribution in [-0.4, -0.2) is 10.0 Å². The second kappa shape index (κ2) is 5.88. The second-order valence-electron chi connectivity index (χ2n) is 4.70. The molecule has 0 heterocycles. The van der Waals surface area contributed by atoms with Gasteiger partial charge in [-0.05, 0) is 43.2 Å². The van der Waals surface area contributed by atoms with E-state index in [0.29, 0.717) is 11.1 Å². The molecule has 1 N–H and O–H groups in total. The Morgan fingerprint density at radius 3 is 2.48 bits per heavy atom. The molecule has 21 heavy (non-hydrogen) atoms. The lowest BCUT2D eigenvalue weighted by molar-refractivity contribution is -0.385. The molecule has 2 aromatic rings. The van der Waals surface area contributed by atoms with Crippen molar-refractivity contribution in [2.45, 2.75) is 20.0 Å². The van der Waals surface area contributed by atoms with Crippen molar-refractivity contribution in [3.05, 3.63) is 63.5 Å². The molecule has 2 aromatic carbocycles. The molecule has 0 radical (unpaired) electrons. The van der Waals surface area contributed by atoms with Gasteiger partial charge in [0.05, 0.1) is 11.0 Å². The van der Waals surface area contributed by atoms with Gasteiger partial charge in [0.2, 0.25) is 5.75 Å². The first kappa shape index (κ1) is 14.9. The molecule has 0 aliphatic heterocycles. The van der Waals surface area contributed by atoms with Crippen LogP contribution in [0.25, 0.3) is 0 Å². The summed E-state index contributed by atoms with van der Waals surface area (Å²) in [5, 5.41) is 20.4. The normalized spacial score (nSPS) is 12.0. The molecule has 0 amide bonds. The summed E-state index contributed by atoms with van der Waals surface area (Å²) in [5.41, 5.74) is 0.881. The lowest BCUT2D eigenvalue weighted by atomic mass is 10.1. The number of hydrogen-bond donors (Lipinski definition) is 1. The molecule has 0 aromatic heterocycles. The molecule has 0 aliphatic rings. The van der Waals surface area contributed by atoms with E-state index in [2.05, 4.69) is 0 Å². The number of aryl methyl sites for hydroxylation is 1. The van der Waals surface area contributed by atoms with Gasteiger partial charge >= 0.3 is 5.69 Å². The molecule has 6 heteroatoms. The molecule has 110 valence electrons. The fourth-order valence-electron chi connectivity index (χ4n) is 1.83. The highest BCUT2D eigenvalue weighted by Gasteiger charge is 2.17. The van der Waals surface area contributed by atoms with E-state index in [9.17, 15) is 19.6 Å². The zero-order valence-corrected chi connectivity index (χ0v) is 11.5. The monoisotopic (exact) mass is 291 g/mol. The minimum atomic E-state index is -0.803. The highest BCUT2D eigenvalue weighted by Crippen LogP contribution is 2.33. The fourth-order valence-corrected chi connectivity index (χ4v) is 1.83. The van der Waals surface area contributed by atoms with E-state index in [1.165, 1.54) is 31.2 Å². The fraction of sp³-hybridized carbons (Fsp3) is 0.200. The summed E-state index contributed by atoms with van der Waals surface area (Å²) in [4.78, 5) is 10.4. The Bertz CT molecular complexity index is 685. The van der Waals surface area contributed by atoms with Crippen molar-refractivity contribution >= 4 is 5.69 Å². The van der Waals surface area contributed by atoms with Crippen molar-refractivity contribution in [2.75, 3.05) is 0 Å². The number of nitro benzene ring substituents is 1. The van der Waals surface area contributed by atoms with Crippen LogP contribution in [0.2, 0.25) is 0 Å². The summed E-state index contributed by atoms with van der Waals surface area (Å²) in [5.74, 6) is -0.857. The standard InChI is InChI=1S/C15H14FNO4/c1-9-3-5-15(13(7-9)17(19)20)21-14-6-4-11(10(2)18)8-12(14)16/h3-8,10,18H,1-2H3/t10-/m1/s1. The van der Waals surface area contributed by atoms with Crippen molar-refractivity contribution in [1.82, 2.24) is 0 Å². The van der Waals surface area contributed by atoms with Crippen LogP contribution in [0.4, 0.5) is 10.1 Å². The molecular formula is C15H14FNO4. The minimum absolute atomic E-state index is 0.0331. The Morgan fingerprint density at radius 2 is 1.90 bits per heavy atom. The van der Waals surface area contributed by atoms with E-state index in [1.54, 1.807) is 13.0 Å². The first-order chi connectivity index (χ1) is 9.88. The summed E-state index contributed by atoms with van der Waals surface area (Å²) in [6.07, 6.45) is -0.803. The van der Waals surface area contributed by atoms with Crippen LogP contribution < -0.4 is 4.74 Å². The minimum Gasteiger partial charge on any atom is -0.447 e. The molecule has 0 bridgehead atoms. The third-order valence-corrected chi connectivity index (χ3v) is 2.97. The maximum atomic E-state index is 13.9. The Balaban J connectivity index is 2.37. The maximum absolute atomic E-state index is 13.9. The van der Waals surface area contributed by atoms with Gasteiger partial charge in [-0.15, -0.1) is 0 Å². The number of aliphatic hydroxyl groups is 1. The average Bonchev–Trinajstić information content (AvgIpc) is 2.42. The topological polar surface area (TPSA) is 72.6 Å². The lowest BCUT2D eigenvalue weighted by Gasteiger charge is -2.10. The molecule has 2 rings (SSSR count). The van der Waals surface area contributed by atoms with Crippen molar-refractivity contribution < 1.29 is 19.2 Å². The molecule has 0 fully saturated rings. The molecular weight excluding hydrogens is 277 g/mol. The largest absolute Gasteiger partial charge is 0.447 e. The van der Waals surface area contributed by atoms with E-state index in [0.717, 1.165) is 6.07 Å². The summed E-state index contributed by atoms with van der Waals surface area (Å²) >= 11 is 0. The van der Waals surface area contributed by atoms with Crippen LogP contribution in [0.1, 0.15) is 24.2 Å². The summed E-state index contributed by atoms with van der Waals surface area (Å²) in [6, 6.07) is 8.40. The molecule has 0 spiro atoms. The maximum Gasteiger partial charge on any atom is 0.311 e. The van der Waals surface area contributed by atoms with Crippen molar-refractivity contribution in [2.24, 2.45) is 0 Å². The predicted molar refractivity (Wildman–Crippen MR) is 74.9 cm³/mol. The summed E-state index contributed by atoms with van der Waals surface area (Å²) in [6.45, 7) is 3.23.